The lowest BCUT2D eigenvalue weighted by Gasteiger charge is -2.31. The molecule has 3 rings (SSSR count). The van der Waals surface area contributed by atoms with Crippen molar-refractivity contribution >= 4 is 0 Å². The van der Waals surface area contributed by atoms with Crippen molar-refractivity contribution in [2.45, 2.75) is 104 Å². The molecule has 0 aliphatic heterocycles. The quantitative estimate of drug-likeness (QED) is 0.393. The predicted octanol–water partition coefficient (Wildman–Crippen LogP) is 8.46. The summed E-state index contributed by atoms with van der Waals surface area (Å²) in [4.78, 5) is 0. The molecule has 1 aromatic rings. The van der Waals surface area contributed by atoms with Crippen LogP contribution in [-0.2, 0) is 6.42 Å². The molecule has 0 atom stereocenters. The van der Waals surface area contributed by atoms with Crippen LogP contribution in [0.15, 0.2) is 12.1 Å². The summed E-state index contributed by atoms with van der Waals surface area (Å²) in [6.45, 7) is 4.32. The third kappa shape index (κ3) is 6.83. The Morgan fingerprint density at radius 3 is 1.73 bits per heavy atom. The van der Waals surface area contributed by atoms with Crippen LogP contribution >= 0.6 is 0 Å². The van der Waals surface area contributed by atoms with Gasteiger partial charge in [-0.3, -0.25) is 0 Å². The maximum absolute atomic E-state index is 14.3. The van der Waals surface area contributed by atoms with Crippen molar-refractivity contribution in [3.63, 3.8) is 0 Å². The Morgan fingerprint density at radius 2 is 1.23 bits per heavy atom. The van der Waals surface area contributed by atoms with Crippen molar-refractivity contribution in [1.82, 2.24) is 0 Å². The molecule has 0 bridgehead atoms. The first kappa shape index (κ1) is 23.3. The van der Waals surface area contributed by atoms with Crippen molar-refractivity contribution in [2.75, 3.05) is 0 Å². The molecule has 0 radical (unpaired) electrons. The predicted molar refractivity (Wildman–Crippen MR) is 122 cm³/mol. The Hall–Kier alpha value is -1.36. The molecule has 1 aromatic carbocycles. The zero-order chi connectivity index (χ0) is 21.3. The van der Waals surface area contributed by atoms with E-state index in [-0.39, 0.29) is 5.56 Å². The van der Waals surface area contributed by atoms with Gasteiger partial charge < -0.3 is 0 Å². The topological polar surface area (TPSA) is 0 Å². The zero-order valence-electron chi connectivity index (χ0n) is 19.1. The number of halogens is 2. The second-order valence-corrected chi connectivity index (χ2v) is 9.92. The van der Waals surface area contributed by atoms with E-state index in [1.54, 1.807) is 0 Å². The van der Waals surface area contributed by atoms with Gasteiger partial charge in [0.25, 0.3) is 0 Å². The van der Waals surface area contributed by atoms with E-state index in [1.165, 1.54) is 76.3 Å². The Morgan fingerprint density at radius 1 is 0.733 bits per heavy atom. The highest BCUT2D eigenvalue weighted by molar-refractivity contribution is 5.39. The SMILES string of the molecule is CCCc1cc(F)c(C#CC2CCC(CC[C@H]3CC[C@H](CCC)CC3)CC2)c(F)c1. The number of rotatable bonds is 7. The molecule has 166 valence electrons. The summed E-state index contributed by atoms with van der Waals surface area (Å²) in [5.74, 6) is 8.08. The van der Waals surface area contributed by atoms with Crippen LogP contribution in [0.5, 0.6) is 0 Å². The average Bonchev–Trinajstić information content (AvgIpc) is 2.74. The van der Waals surface area contributed by atoms with Gasteiger partial charge in [-0.2, -0.15) is 0 Å². The summed E-state index contributed by atoms with van der Waals surface area (Å²) >= 11 is 0. The highest BCUT2D eigenvalue weighted by atomic mass is 19.1. The molecule has 0 unspecified atom stereocenters. The van der Waals surface area contributed by atoms with Gasteiger partial charge in [0.1, 0.15) is 11.6 Å². The van der Waals surface area contributed by atoms with Crippen LogP contribution in [0.2, 0.25) is 0 Å². The molecule has 0 spiro atoms. The summed E-state index contributed by atoms with van der Waals surface area (Å²) in [6, 6.07) is 2.90. The van der Waals surface area contributed by atoms with Gasteiger partial charge in [0.05, 0.1) is 5.56 Å². The maximum atomic E-state index is 14.3. The molecule has 2 heteroatoms. The third-order valence-electron chi connectivity index (χ3n) is 7.54. The smallest absolute Gasteiger partial charge is 0.142 e. The van der Waals surface area contributed by atoms with E-state index in [0.717, 1.165) is 42.6 Å². The molecular formula is C28H40F2. The molecule has 30 heavy (non-hydrogen) atoms. The van der Waals surface area contributed by atoms with Gasteiger partial charge in [0.2, 0.25) is 0 Å². The van der Waals surface area contributed by atoms with Gasteiger partial charge in [-0.1, -0.05) is 83.5 Å². The van der Waals surface area contributed by atoms with E-state index in [2.05, 4.69) is 18.8 Å². The minimum Gasteiger partial charge on any atom is -0.206 e. The monoisotopic (exact) mass is 414 g/mol. The molecular weight excluding hydrogens is 374 g/mol. The Kier molecular flexibility index (Phi) is 9.23. The molecule has 2 saturated carbocycles. The molecule has 0 N–H and O–H groups in total. The molecule has 2 aliphatic carbocycles. The van der Waals surface area contributed by atoms with Crippen LogP contribution < -0.4 is 0 Å². The van der Waals surface area contributed by atoms with Gasteiger partial charge in [-0.15, -0.1) is 0 Å². The van der Waals surface area contributed by atoms with Crippen molar-refractivity contribution in [3.05, 3.63) is 34.9 Å². The number of hydrogen-bond acceptors (Lipinski definition) is 0. The molecule has 0 amide bonds. The fraction of sp³-hybridized carbons (Fsp3) is 0.714. The van der Waals surface area contributed by atoms with Crippen LogP contribution in [-0.4, -0.2) is 0 Å². The number of hydrogen-bond donors (Lipinski definition) is 0. The highest BCUT2D eigenvalue weighted by Crippen LogP contribution is 2.37. The average molecular weight is 415 g/mol. The Balaban J connectivity index is 1.41. The molecule has 2 fully saturated rings. The van der Waals surface area contributed by atoms with Crippen molar-refractivity contribution in [1.29, 1.82) is 0 Å². The highest BCUT2D eigenvalue weighted by Gasteiger charge is 2.24. The van der Waals surface area contributed by atoms with E-state index in [1.807, 2.05) is 6.92 Å². The van der Waals surface area contributed by atoms with Crippen LogP contribution in [0.4, 0.5) is 8.78 Å². The molecule has 0 aromatic heterocycles. The second-order valence-electron chi connectivity index (χ2n) is 9.92. The van der Waals surface area contributed by atoms with E-state index in [0.29, 0.717) is 12.3 Å². The fourth-order valence-corrected chi connectivity index (χ4v) is 5.64. The first-order chi connectivity index (χ1) is 14.6. The fourth-order valence-electron chi connectivity index (χ4n) is 5.64. The van der Waals surface area contributed by atoms with Crippen molar-refractivity contribution in [2.24, 2.45) is 23.7 Å². The lowest BCUT2D eigenvalue weighted by molar-refractivity contribution is 0.222. The summed E-state index contributed by atoms with van der Waals surface area (Å²) in [5, 5.41) is 0. The number of benzene rings is 1. The van der Waals surface area contributed by atoms with E-state index in [9.17, 15) is 8.78 Å². The Bertz CT molecular complexity index is 687. The summed E-state index contributed by atoms with van der Waals surface area (Å²) in [5.41, 5.74) is 0.674. The van der Waals surface area contributed by atoms with Crippen LogP contribution in [0.25, 0.3) is 0 Å². The second kappa shape index (κ2) is 11.9. The van der Waals surface area contributed by atoms with Crippen molar-refractivity contribution < 1.29 is 8.78 Å². The van der Waals surface area contributed by atoms with Crippen molar-refractivity contribution in [3.8, 4) is 11.8 Å². The summed E-state index contributed by atoms with van der Waals surface area (Å²) in [6.07, 6.45) is 17.5. The largest absolute Gasteiger partial charge is 0.206 e. The van der Waals surface area contributed by atoms with Gasteiger partial charge in [0.15, 0.2) is 0 Å². The minimum atomic E-state index is -0.506. The van der Waals surface area contributed by atoms with E-state index < -0.39 is 11.6 Å². The lowest BCUT2D eigenvalue weighted by atomic mass is 9.75. The normalized spacial score (nSPS) is 26.8. The van der Waals surface area contributed by atoms with Gasteiger partial charge in [-0.25, -0.2) is 8.78 Å². The number of aryl methyl sites for hydroxylation is 1. The van der Waals surface area contributed by atoms with Gasteiger partial charge >= 0.3 is 0 Å². The first-order valence-corrected chi connectivity index (χ1v) is 12.6. The summed E-state index contributed by atoms with van der Waals surface area (Å²) < 4.78 is 28.5. The molecule has 0 nitrogen and oxygen atoms in total. The van der Waals surface area contributed by atoms with Gasteiger partial charge in [0, 0.05) is 5.92 Å². The van der Waals surface area contributed by atoms with Crippen LogP contribution in [0, 0.1) is 47.1 Å². The lowest BCUT2D eigenvalue weighted by Crippen LogP contribution is -2.17. The molecule has 0 heterocycles. The zero-order valence-corrected chi connectivity index (χ0v) is 19.1. The summed E-state index contributed by atoms with van der Waals surface area (Å²) in [7, 11) is 0. The molecule has 0 saturated heterocycles. The first-order valence-electron chi connectivity index (χ1n) is 12.6. The van der Waals surface area contributed by atoms with E-state index in [4.69, 9.17) is 0 Å². The van der Waals surface area contributed by atoms with Gasteiger partial charge in [-0.05, 0) is 67.6 Å². The molecule has 2 aliphatic rings. The Labute approximate surface area is 183 Å². The standard InChI is InChI=1S/C28H40F2/c1-3-5-21-7-9-22(10-8-21)11-12-23-13-15-24(16-14-23)17-18-26-27(29)19-25(6-4-2)20-28(26)30/h19-24H,3-16H2,1-2H3/t21-,22-,23?,24?. The van der Waals surface area contributed by atoms with Crippen LogP contribution in [0.3, 0.4) is 0 Å². The van der Waals surface area contributed by atoms with E-state index >= 15 is 0 Å². The van der Waals surface area contributed by atoms with Crippen LogP contribution in [0.1, 0.15) is 108 Å². The maximum Gasteiger partial charge on any atom is 0.142 e. The third-order valence-corrected chi connectivity index (χ3v) is 7.54. The minimum absolute atomic E-state index is 0.0457.